The number of hydrogen-bond donors (Lipinski definition) is 1. The van der Waals surface area contributed by atoms with Gasteiger partial charge < -0.3 is 5.11 Å². The molecule has 1 nitrogen and oxygen atoms in total. The van der Waals surface area contributed by atoms with Gasteiger partial charge in [-0.2, -0.15) is 0 Å². The van der Waals surface area contributed by atoms with Crippen molar-refractivity contribution in [1.82, 2.24) is 0 Å². The highest BCUT2D eigenvalue weighted by molar-refractivity contribution is 6.76. The minimum Gasteiger partial charge on any atom is -0.396 e. The molecule has 0 aliphatic rings. The second-order valence-corrected chi connectivity index (χ2v) is 10.6. The van der Waals surface area contributed by atoms with E-state index in [4.69, 9.17) is 0 Å². The molecule has 0 fully saturated rings. The van der Waals surface area contributed by atoms with Crippen LogP contribution in [0.15, 0.2) is 30.3 Å². The summed E-state index contributed by atoms with van der Waals surface area (Å²) in [5, 5.41) is 9.37. The van der Waals surface area contributed by atoms with Gasteiger partial charge in [0.25, 0.3) is 0 Å². The lowest BCUT2D eigenvalue weighted by Gasteiger charge is -2.23. The zero-order chi connectivity index (χ0) is 10.6. The van der Waals surface area contributed by atoms with E-state index in [0.717, 1.165) is 6.04 Å². The number of aliphatic hydroxyl groups excluding tert-OH is 1. The maximum absolute atomic E-state index is 9.37. The van der Waals surface area contributed by atoms with Crippen LogP contribution < -0.4 is 0 Å². The van der Waals surface area contributed by atoms with Crippen molar-refractivity contribution in [1.29, 1.82) is 0 Å². The van der Waals surface area contributed by atoms with Crippen molar-refractivity contribution in [3.05, 3.63) is 35.9 Å². The maximum atomic E-state index is 9.37. The van der Waals surface area contributed by atoms with E-state index in [2.05, 4.69) is 31.8 Å². The molecule has 1 unspecified atom stereocenters. The predicted molar refractivity (Wildman–Crippen MR) is 64.4 cm³/mol. The van der Waals surface area contributed by atoms with Gasteiger partial charge in [0.05, 0.1) is 0 Å². The third-order valence-electron chi connectivity index (χ3n) is 2.35. The van der Waals surface area contributed by atoms with Crippen LogP contribution in [-0.4, -0.2) is 19.8 Å². The Labute approximate surface area is 87.8 Å². The lowest BCUT2D eigenvalue weighted by atomic mass is 10.0. The molecule has 0 bridgehead atoms. The van der Waals surface area contributed by atoms with E-state index >= 15 is 0 Å². The molecule has 0 aromatic heterocycles. The van der Waals surface area contributed by atoms with Crippen molar-refractivity contribution in [2.75, 3.05) is 6.61 Å². The summed E-state index contributed by atoms with van der Waals surface area (Å²) in [4.78, 5) is 0. The average Bonchev–Trinajstić information content (AvgIpc) is 2.14. The largest absolute Gasteiger partial charge is 0.396 e. The average molecular weight is 208 g/mol. The Hall–Kier alpha value is -0.603. The van der Waals surface area contributed by atoms with Gasteiger partial charge in [0.15, 0.2) is 0 Å². The van der Waals surface area contributed by atoms with E-state index in [1.807, 2.05) is 18.2 Å². The van der Waals surface area contributed by atoms with Gasteiger partial charge in [0.1, 0.15) is 0 Å². The van der Waals surface area contributed by atoms with E-state index in [0.29, 0.717) is 5.92 Å². The molecule has 0 amide bonds. The molecule has 1 atom stereocenters. The van der Waals surface area contributed by atoms with Crippen LogP contribution >= 0.6 is 0 Å². The van der Waals surface area contributed by atoms with Gasteiger partial charge in [0, 0.05) is 20.6 Å². The fraction of sp³-hybridized carbons (Fsp3) is 0.500. The molecule has 0 spiro atoms. The predicted octanol–water partition coefficient (Wildman–Crippen LogP) is 3.10. The lowest BCUT2D eigenvalue weighted by Crippen LogP contribution is -2.24. The molecule has 78 valence electrons. The summed E-state index contributed by atoms with van der Waals surface area (Å²) >= 11 is 0. The van der Waals surface area contributed by atoms with Crippen LogP contribution in [0.4, 0.5) is 0 Å². The molecule has 0 heterocycles. The number of rotatable bonds is 4. The summed E-state index contributed by atoms with van der Waals surface area (Å²) in [5.41, 5.74) is 1.28. The summed E-state index contributed by atoms with van der Waals surface area (Å²) < 4.78 is 0. The second-order valence-electron chi connectivity index (χ2n) is 5.05. The van der Waals surface area contributed by atoms with E-state index in [-0.39, 0.29) is 6.61 Å². The topological polar surface area (TPSA) is 20.2 Å². The fourth-order valence-electron chi connectivity index (χ4n) is 1.75. The quantitative estimate of drug-likeness (QED) is 0.754. The Balaban J connectivity index is 2.73. The van der Waals surface area contributed by atoms with Crippen molar-refractivity contribution < 1.29 is 5.11 Å². The normalized spacial score (nSPS) is 14.0. The molecule has 0 saturated heterocycles. The van der Waals surface area contributed by atoms with Gasteiger partial charge in [-0.1, -0.05) is 50.0 Å². The van der Waals surface area contributed by atoms with Crippen molar-refractivity contribution in [3.8, 4) is 0 Å². The molecule has 0 radical (unpaired) electrons. The Morgan fingerprint density at radius 3 is 2.14 bits per heavy atom. The van der Waals surface area contributed by atoms with Crippen LogP contribution in [0, 0.1) is 0 Å². The molecule has 1 N–H and O–H groups in total. The van der Waals surface area contributed by atoms with Gasteiger partial charge in [-0.3, -0.25) is 0 Å². The minimum absolute atomic E-state index is 0.272. The third-order valence-corrected chi connectivity index (χ3v) is 4.07. The SMILES string of the molecule is C[Si](C)(C)CC(CO)c1ccccc1. The van der Waals surface area contributed by atoms with Gasteiger partial charge >= 0.3 is 0 Å². The summed E-state index contributed by atoms with van der Waals surface area (Å²) in [5.74, 6) is 0.336. The van der Waals surface area contributed by atoms with Crippen LogP contribution in [0.3, 0.4) is 0 Å². The second kappa shape index (κ2) is 4.76. The maximum Gasteiger partial charge on any atom is 0.0497 e. The minimum atomic E-state index is -1.08. The standard InChI is InChI=1S/C12H20OSi/c1-14(2,3)10-12(9-13)11-7-5-4-6-8-11/h4-8,12-13H,9-10H2,1-3H3. The van der Waals surface area contributed by atoms with E-state index in [1.165, 1.54) is 5.56 Å². The van der Waals surface area contributed by atoms with E-state index in [9.17, 15) is 5.11 Å². The molecule has 0 saturated carbocycles. The van der Waals surface area contributed by atoms with Crippen molar-refractivity contribution in [2.45, 2.75) is 31.6 Å². The Morgan fingerprint density at radius 2 is 1.71 bits per heavy atom. The summed E-state index contributed by atoms with van der Waals surface area (Å²) in [6, 6.07) is 11.5. The Morgan fingerprint density at radius 1 is 1.14 bits per heavy atom. The van der Waals surface area contributed by atoms with Crippen LogP contribution in [0.25, 0.3) is 0 Å². The molecule has 2 heteroatoms. The first kappa shape index (κ1) is 11.5. The first-order valence-corrected chi connectivity index (χ1v) is 8.89. The monoisotopic (exact) mass is 208 g/mol. The van der Waals surface area contributed by atoms with Gasteiger partial charge in [0.2, 0.25) is 0 Å². The molecule has 1 aromatic rings. The molecule has 1 aromatic carbocycles. The lowest BCUT2D eigenvalue weighted by molar-refractivity contribution is 0.272. The first-order chi connectivity index (χ1) is 6.53. The zero-order valence-electron chi connectivity index (χ0n) is 9.33. The van der Waals surface area contributed by atoms with Crippen LogP contribution in [0.1, 0.15) is 11.5 Å². The van der Waals surface area contributed by atoms with Crippen LogP contribution in [0.2, 0.25) is 25.7 Å². The van der Waals surface area contributed by atoms with E-state index in [1.54, 1.807) is 0 Å². The highest BCUT2D eigenvalue weighted by Crippen LogP contribution is 2.25. The van der Waals surface area contributed by atoms with E-state index < -0.39 is 8.07 Å². The smallest absolute Gasteiger partial charge is 0.0497 e. The van der Waals surface area contributed by atoms with Gasteiger partial charge in [-0.05, 0) is 11.6 Å². The molecule has 0 aliphatic heterocycles. The Kier molecular flexibility index (Phi) is 3.90. The Bertz CT molecular complexity index is 263. The number of benzene rings is 1. The first-order valence-electron chi connectivity index (χ1n) is 5.19. The van der Waals surface area contributed by atoms with Crippen LogP contribution in [-0.2, 0) is 0 Å². The zero-order valence-corrected chi connectivity index (χ0v) is 10.3. The summed E-state index contributed by atoms with van der Waals surface area (Å²) in [6.45, 7) is 7.31. The molecular weight excluding hydrogens is 188 g/mol. The van der Waals surface area contributed by atoms with Crippen molar-refractivity contribution in [3.63, 3.8) is 0 Å². The fourth-order valence-corrected chi connectivity index (χ4v) is 3.60. The highest BCUT2D eigenvalue weighted by atomic mass is 28.3. The summed E-state index contributed by atoms with van der Waals surface area (Å²) in [6.07, 6.45) is 0. The van der Waals surface area contributed by atoms with Crippen molar-refractivity contribution >= 4 is 8.07 Å². The van der Waals surface area contributed by atoms with Crippen LogP contribution in [0.5, 0.6) is 0 Å². The summed E-state index contributed by atoms with van der Waals surface area (Å²) in [7, 11) is -1.08. The van der Waals surface area contributed by atoms with Gasteiger partial charge in [-0.25, -0.2) is 0 Å². The molecule has 1 rings (SSSR count). The third kappa shape index (κ3) is 3.64. The van der Waals surface area contributed by atoms with Crippen molar-refractivity contribution in [2.24, 2.45) is 0 Å². The van der Waals surface area contributed by atoms with Gasteiger partial charge in [-0.15, -0.1) is 0 Å². The number of hydrogen-bond acceptors (Lipinski definition) is 1. The molecular formula is C12H20OSi. The number of aliphatic hydroxyl groups is 1. The molecule has 14 heavy (non-hydrogen) atoms. The highest BCUT2D eigenvalue weighted by Gasteiger charge is 2.20. The molecule has 0 aliphatic carbocycles.